The third-order valence-electron chi connectivity index (χ3n) is 3.99. The molecule has 2 N–H and O–H groups in total. The van der Waals surface area contributed by atoms with Gasteiger partial charge in [0.25, 0.3) is 0 Å². The van der Waals surface area contributed by atoms with Gasteiger partial charge in [-0.15, -0.1) is 0 Å². The molecule has 1 aliphatic heterocycles. The molecule has 7 heteroatoms. The normalized spacial score (nSPS) is 16.9. The van der Waals surface area contributed by atoms with Gasteiger partial charge < -0.3 is 15.5 Å². The number of rotatable bonds is 5. The van der Waals surface area contributed by atoms with Gasteiger partial charge in [0.2, 0.25) is 0 Å². The van der Waals surface area contributed by atoms with Gasteiger partial charge in [0.1, 0.15) is 23.8 Å². The summed E-state index contributed by atoms with van der Waals surface area (Å²) < 4.78 is 0. The van der Waals surface area contributed by atoms with E-state index in [0.717, 1.165) is 43.4 Å². The highest BCUT2D eigenvalue weighted by molar-refractivity contribution is 5.50. The molecule has 0 radical (unpaired) electrons. The van der Waals surface area contributed by atoms with Gasteiger partial charge >= 0.3 is 0 Å². The highest BCUT2D eigenvalue weighted by Gasteiger charge is 2.25. The molecule has 2 aromatic heterocycles. The Morgan fingerprint density at radius 1 is 1.30 bits per heavy atom. The lowest BCUT2D eigenvalue weighted by atomic mass is 10.2. The largest absolute Gasteiger partial charge is 0.373 e. The zero-order valence-corrected chi connectivity index (χ0v) is 13.0. The molecule has 1 aliphatic rings. The summed E-state index contributed by atoms with van der Waals surface area (Å²) in [5.41, 5.74) is 0.611. The van der Waals surface area contributed by atoms with Crippen LogP contribution in [-0.4, -0.2) is 41.1 Å². The molecule has 7 nitrogen and oxygen atoms in total. The number of anilines is 3. The highest BCUT2D eigenvalue weighted by Crippen LogP contribution is 2.25. The first-order chi connectivity index (χ1) is 11.3. The molecule has 0 amide bonds. The third kappa shape index (κ3) is 3.48. The van der Waals surface area contributed by atoms with E-state index in [1.54, 1.807) is 24.7 Å². The molecule has 1 atom stereocenters. The van der Waals surface area contributed by atoms with E-state index in [1.165, 1.54) is 0 Å². The molecule has 0 unspecified atom stereocenters. The van der Waals surface area contributed by atoms with Crippen molar-refractivity contribution in [3.05, 3.63) is 36.3 Å². The zero-order valence-electron chi connectivity index (χ0n) is 13.0. The maximum Gasteiger partial charge on any atom is 0.134 e. The van der Waals surface area contributed by atoms with Crippen LogP contribution in [0.15, 0.2) is 30.7 Å². The van der Waals surface area contributed by atoms with Crippen LogP contribution >= 0.6 is 0 Å². The summed E-state index contributed by atoms with van der Waals surface area (Å²) in [6.07, 6.45) is 5.47. The average Bonchev–Trinajstić information content (AvgIpc) is 3.09. The average molecular weight is 309 g/mol. The quantitative estimate of drug-likeness (QED) is 0.871. The Balaban J connectivity index is 1.68. The predicted octanol–water partition coefficient (Wildman–Crippen LogP) is 1.87. The maximum atomic E-state index is 8.95. The summed E-state index contributed by atoms with van der Waals surface area (Å²) in [5.74, 6) is 2.49. The lowest BCUT2D eigenvalue weighted by Crippen LogP contribution is -2.35. The van der Waals surface area contributed by atoms with Gasteiger partial charge in [0.15, 0.2) is 0 Å². The van der Waals surface area contributed by atoms with Crippen molar-refractivity contribution in [1.29, 1.82) is 5.26 Å². The van der Waals surface area contributed by atoms with Gasteiger partial charge in [-0.25, -0.2) is 15.0 Å². The molecule has 0 aromatic carbocycles. The summed E-state index contributed by atoms with van der Waals surface area (Å²) in [6.45, 7) is 1.75. The van der Waals surface area contributed by atoms with E-state index >= 15 is 0 Å². The fourth-order valence-corrected chi connectivity index (χ4v) is 2.81. The summed E-state index contributed by atoms with van der Waals surface area (Å²) in [5, 5.41) is 15.3. The molecule has 3 rings (SSSR count). The Kier molecular flexibility index (Phi) is 4.52. The van der Waals surface area contributed by atoms with Gasteiger partial charge in [-0.05, 0) is 25.0 Å². The van der Waals surface area contributed by atoms with Crippen molar-refractivity contribution < 1.29 is 0 Å². The van der Waals surface area contributed by atoms with Crippen LogP contribution in [0.2, 0.25) is 0 Å². The van der Waals surface area contributed by atoms with Crippen molar-refractivity contribution in [2.75, 3.05) is 35.7 Å². The first-order valence-corrected chi connectivity index (χ1v) is 7.66. The first kappa shape index (κ1) is 15.0. The van der Waals surface area contributed by atoms with Crippen LogP contribution in [0, 0.1) is 11.3 Å². The van der Waals surface area contributed by atoms with E-state index in [1.807, 2.05) is 13.1 Å². The number of nitriles is 1. The van der Waals surface area contributed by atoms with E-state index in [-0.39, 0.29) is 0 Å². The van der Waals surface area contributed by atoms with Crippen molar-refractivity contribution in [2.45, 2.75) is 18.9 Å². The van der Waals surface area contributed by atoms with Crippen LogP contribution in [-0.2, 0) is 0 Å². The Morgan fingerprint density at radius 2 is 2.22 bits per heavy atom. The van der Waals surface area contributed by atoms with E-state index in [0.29, 0.717) is 11.6 Å². The molecule has 1 fully saturated rings. The third-order valence-corrected chi connectivity index (χ3v) is 3.99. The molecule has 0 aliphatic carbocycles. The second-order valence-corrected chi connectivity index (χ2v) is 5.42. The zero-order chi connectivity index (χ0) is 16.1. The summed E-state index contributed by atoms with van der Waals surface area (Å²) in [4.78, 5) is 15.1. The molecular weight excluding hydrogens is 290 g/mol. The van der Waals surface area contributed by atoms with Crippen LogP contribution in [0.1, 0.15) is 18.4 Å². The SMILES string of the molecule is CNc1cc(N2CCC[C@@H]2CNc2cc(C#N)ccn2)ncn1. The Morgan fingerprint density at radius 3 is 3.04 bits per heavy atom. The van der Waals surface area contributed by atoms with Crippen LogP contribution in [0.3, 0.4) is 0 Å². The monoisotopic (exact) mass is 309 g/mol. The fraction of sp³-hybridized carbons (Fsp3) is 0.375. The van der Waals surface area contributed by atoms with Crippen molar-refractivity contribution in [3.8, 4) is 6.07 Å². The Bertz CT molecular complexity index is 710. The predicted molar refractivity (Wildman–Crippen MR) is 89.4 cm³/mol. The maximum absolute atomic E-state index is 8.95. The highest BCUT2D eigenvalue weighted by atomic mass is 15.3. The van der Waals surface area contributed by atoms with Crippen molar-refractivity contribution in [3.63, 3.8) is 0 Å². The summed E-state index contributed by atoms with van der Waals surface area (Å²) >= 11 is 0. The smallest absolute Gasteiger partial charge is 0.134 e. The topological polar surface area (TPSA) is 89.8 Å². The molecule has 1 saturated heterocycles. The van der Waals surface area contributed by atoms with Crippen molar-refractivity contribution >= 4 is 17.5 Å². The van der Waals surface area contributed by atoms with Gasteiger partial charge in [-0.1, -0.05) is 0 Å². The lowest BCUT2D eigenvalue weighted by molar-refractivity contribution is 0.689. The number of nitrogens with one attached hydrogen (secondary N) is 2. The first-order valence-electron chi connectivity index (χ1n) is 7.66. The minimum Gasteiger partial charge on any atom is -0.373 e. The fourth-order valence-electron chi connectivity index (χ4n) is 2.81. The number of hydrogen-bond acceptors (Lipinski definition) is 7. The van der Waals surface area contributed by atoms with Gasteiger partial charge in [0.05, 0.1) is 11.6 Å². The minimum absolute atomic E-state index is 0.349. The van der Waals surface area contributed by atoms with Gasteiger partial charge in [-0.3, -0.25) is 0 Å². The standard InChI is InChI=1S/C16H19N7/c1-18-14-8-16(22-11-21-14)23-6-2-3-13(23)10-20-15-7-12(9-17)4-5-19-15/h4-5,7-8,11,13H,2-3,6,10H2,1H3,(H,19,20)(H,18,21,22)/t13-/m1/s1. The van der Waals surface area contributed by atoms with Gasteiger partial charge in [0, 0.05) is 38.4 Å². The molecule has 118 valence electrons. The molecule has 2 aromatic rings. The number of pyridine rings is 1. The minimum atomic E-state index is 0.349. The number of nitrogens with zero attached hydrogens (tertiary/aromatic N) is 5. The van der Waals surface area contributed by atoms with Crippen LogP contribution in [0.25, 0.3) is 0 Å². The van der Waals surface area contributed by atoms with Gasteiger partial charge in [-0.2, -0.15) is 5.26 Å². The van der Waals surface area contributed by atoms with Crippen LogP contribution in [0.5, 0.6) is 0 Å². The van der Waals surface area contributed by atoms with Crippen molar-refractivity contribution in [1.82, 2.24) is 15.0 Å². The van der Waals surface area contributed by atoms with E-state index in [2.05, 4.69) is 36.6 Å². The Hall–Kier alpha value is -2.88. The number of aromatic nitrogens is 3. The summed E-state index contributed by atoms with van der Waals surface area (Å²) in [7, 11) is 1.85. The van der Waals surface area contributed by atoms with Crippen LogP contribution in [0.4, 0.5) is 17.5 Å². The van der Waals surface area contributed by atoms with Crippen LogP contribution < -0.4 is 15.5 Å². The van der Waals surface area contributed by atoms with E-state index < -0.39 is 0 Å². The molecule has 0 spiro atoms. The van der Waals surface area contributed by atoms with E-state index in [9.17, 15) is 0 Å². The number of hydrogen-bond donors (Lipinski definition) is 2. The second-order valence-electron chi connectivity index (χ2n) is 5.42. The summed E-state index contributed by atoms with van der Waals surface area (Å²) in [6, 6.07) is 7.91. The molecular formula is C16H19N7. The molecule has 23 heavy (non-hydrogen) atoms. The van der Waals surface area contributed by atoms with E-state index in [4.69, 9.17) is 5.26 Å². The lowest BCUT2D eigenvalue weighted by Gasteiger charge is -2.26. The second kappa shape index (κ2) is 6.92. The Labute approximate surface area is 135 Å². The molecule has 3 heterocycles. The molecule has 0 bridgehead atoms. The molecule has 0 saturated carbocycles. The van der Waals surface area contributed by atoms with Crippen molar-refractivity contribution in [2.24, 2.45) is 0 Å².